The molecule has 2 N–H and O–H groups in total. The maximum atomic E-state index is 12.3. The third-order valence-electron chi connectivity index (χ3n) is 4.28. The highest BCUT2D eigenvalue weighted by atomic mass is 16.2. The number of aromatic nitrogens is 1. The van der Waals surface area contributed by atoms with Crippen LogP contribution in [-0.4, -0.2) is 34.8 Å². The van der Waals surface area contributed by atoms with Gasteiger partial charge in [0.15, 0.2) is 0 Å². The second-order valence-corrected chi connectivity index (χ2v) is 5.76. The molecule has 1 aliphatic heterocycles. The second-order valence-electron chi connectivity index (χ2n) is 5.76. The van der Waals surface area contributed by atoms with Gasteiger partial charge in [-0.25, -0.2) is 0 Å². The van der Waals surface area contributed by atoms with E-state index in [-0.39, 0.29) is 17.7 Å². The van der Waals surface area contributed by atoms with Crippen molar-refractivity contribution in [1.82, 2.24) is 9.88 Å². The molecule has 0 unspecified atom stereocenters. The number of carbonyl (C=O) groups is 2. The molecule has 0 spiro atoms. The lowest BCUT2D eigenvalue weighted by Crippen LogP contribution is -2.41. The average Bonchev–Trinajstić information content (AvgIpc) is 2.59. The first kappa shape index (κ1) is 15.2. The highest BCUT2D eigenvalue weighted by Crippen LogP contribution is 2.19. The third-order valence-corrected chi connectivity index (χ3v) is 4.28. The number of pyridine rings is 1. The molecule has 2 amide bonds. The van der Waals surface area contributed by atoms with Crippen LogP contribution < -0.4 is 5.73 Å². The van der Waals surface area contributed by atoms with E-state index in [1.54, 1.807) is 23.2 Å². The van der Waals surface area contributed by atoms with E-state index >= 15 is 0 Å². The molecule has 0 bridgehead atoms. The number of benzene rings is 1. The summed E-state index contributed by atoms with van der Waals surface area (Å²) in [7, 11) is 0. The molecule has 0 radical (unpaired) electrons. The van der Waals surface area contributed by atoms with Gasteiger partial charge in [-0.15, -0.1) is 0 Å². The summed E-state index contributed by atoms with van der Waals surface area (Å²) in [5.74, 6) is -0.416. The Labute approximate surface area is 134 Å². The van der Waals surface area contributed by atoms with Gasteiger partial charge in [0, 0.05) is 42.2 Å². The van der Waals surface area contributed by atoms with Crippen LogP contribution in [0.4, 0.5) is 0 Å². The Kier molecular flexibility index (Phi) is 4.37. The minimum Gasteiger partial charge on any atom is -0.369 e. The molecule has 1 aromatic carbocycles. The number of likely N-dealkylation sites (tertiary alicyclic amines) is 1. The molecular weight excluding hydrogens is 290 g/mol. The first-order chi connectivity index (χ1) is 11.1. The molecular formula is C18H19N3O2. The molecule has 2 heterocycles. The summed E-state index contributed by atoms with van der Waals surface area (Å²) in [5.41, 5.74) is 7.11. The highest BCUT2D eigenvalue weighted by Gasteiger charge is 2.24. The van der Waals surface area contributed by atoms with E-state index in [4.69, 9.17) is 5.73 Å². The molecule has 2 aromatic rings. The fraction of sp³-hybridized carbons (Fsp3) is 0.278. The summed E-state index contributed by atoms with van der Waals surface area (Å²) in [6, 6.07) is 9.78. The monoisotopic (exact) mass is 309 g/mol. The molecule has 1 saturated heterocycles. The van der Waals surface area contributed by atoms with Crippen molar-refractivity contribution < 1.29 is 9.59 Å². The Morgan fingerprint density at radius 2 is 1.91 bits per heavy atom. The number of fused-ring (bicyclic) bond motifs is 1. The predicted molar refractivity (Wildman–Crippen MR) is 89.3 cm³/mol. The Bertz CT molecular complexity index is 756. The van der Waals surface area contributed by atoms with Crippen molar-refractivity contribution in [2.45, 2.75) is 12.8 Å². The van der Waals surface area contributed by atoms with Crippen molar-refractivity contribution in [2.75, 3.05) is 13.1 Å². The number of para-hydroxylation sites is 1. The summed E-state index contributed by atoms with van der Waals surface area (Å²) >= 11 is 0. The maximum absolute atomic E-state index is 12.3. The Hall–Kier alpha value is -2.69. The fourth-order valence-electron chi connectivity index (χ4n) is 2.91. The van der Waals surface area contributed by atoms with E-state index < -0.39 is 0 Å². The number of hydrogen-bond acceptors (Lipinski definition) is 3. The van der Waals surface area contributed by atoms with E-state index in [1.165, 1.54) is 0 Å². The van der Waals surface area contributed by atoms with E-state index in [0.29, 0.717) is 25.9 Å². The molecule has 0 saturated carbocycles. The number of carbonyl (C=O) groups excluding carboxylic acids is 2. The third kappa shape index (κ3) is 3.39. The van der Waals surface area contributed by atoms with Crippen LogP contribution in [0.1, 0.15) is 18.4 Å². The molecule has 0 atom stereocenters. The molecule has 5 nitrogen and oxygen atoms in total. The first-order valence-electron chi connectivity index (χ1n) is 7.75. The van der Waals surface area contributed by atoms with Gasteiger partial charge in [0.25, 0.3) is 0 Å². The number of rotatable bonds is 3. The van der Waals surface area contributed by atoms with Crippen LogP contribution in [0.15, 0.2) is 42.6 Å². The minimum absolute atomic E-state index is 0.0409. The van der Waals surface area contributed by atoms with Crippen molar-refractivity contribution in [3.63, 3.8) is 0 Å². The van der Waals surface area contributed by atoms with Gasteiger partial charge in [0.1, 0.15) is 0 Å². The summed E-state index contributed by atoms with van der Waals surface area (Å²) in [6.07, 6.45) is 6.41. The second kappa shape index (κ2) is 6.60. The predicted octanol–water partition coefficient (Wildman–Crippen LogP) is 1.97. The zero-order chi connectivity index (χ0) is 16.2. The topological polar surface area (TPSA) is 76.3 Å². The zero-order valence-electron chi connectivity index (χ0n) is 12.8. The quantitative estimate of drug-likeness (QED) is 0.881. The van der Waals surface area contributed by atoms with Gasteiger partial charge >= 0.3 is 0 Å². The molecule has 3 rings (SSSR count). The molecule has 23 heavy (non-hydrogen) atoms. The lowest BCUT2D eigenvalue weighted by molar-refractivity contribution is -0.130. The molecule has 1 aliphatic rings. The lowest BCUT2D eigenvalue weighted by Gasteiger charge is -2.29. The molecule has 5 heteroatoms. The van der Waals surface area contributed by atoms with Crippen molar-refractivity contribution in [3.05, 3.63) is 48.2 Å². The van der Waals surface area contributed by atoms with Gasteiger partial charge in [-0.3, -0.25) is 14.6 Å². The van der Waals surface area contributed by atoms with Crippen LogP contribution >= 0.6 is 0 Å². The van der Waals surface area contributed by atoms with Crippen molar-refractivity contribution >= 4 is 28.8 Å². The fourth-order valence-corrected chi connectivity index (χ4v) is 2.91. The highest BCUT2D eigenvalue weighted by molar-refractivity contribution is 5.95. The van der Waals surface area contributed by atoms with Crippen molar-refractivity contribution in [1.29, 1.82) is 0 Å². The number of piperidine rings is 1. The van der Waals surface area contributed by atoms with Gasteiger partial charge < -0.3 is 10.6 Å². The van der Waals surface area contributed by atoms with Gasteiger partial charge in [-0.2, -0.15) is 0 Å². The summed E-state index contributed by atoms with van der Waals surface area (Å²) in [5, 5.41) is 1.05. The summed E-state index contributed by atoms with van der Waals surface area (Å²) in [6.45, 7) is 1.15. The van der Waals surface area contributed by atoms with Crippen LogP contribution in [0, 0.1) is 5.92 Å². The summed E-state index contributed by atoms with van der Waals surface area (Å²) in [4.78, 5) is 29.6. The average molecular weight is 309 g/mol. The van der Waals surface area contributed by atoms with Crippen LogP contribution in [0.3, 0.4) is 0 Å². The van der Waals surface area contributed by atoms with Gasteiger partial charge in [-0.05, 0) is 25.0 Å². The molecule has 1 aromatic heterocycles. The number of primary amides is 1. The minimum atomic E-state index is -0.269. The standard InChI is InChI=1S/C18H19N3O2/c19-18(23)15-8-11-21(12-9-15)16(22)7-6-14-4-1-3-13-5-2-10-20-17(13)14/h1-7,10,15H,8-9,11-12H2,(H2,19,23). The van der Waals surface area contributed by atoms with E-state index in [2.05, 4.69) is 4.98 Å². The lowest BCUT2D eigenvalue weighted by atomic mass is 9.96. The van der Waals surface area contributed by atoms with Gasteiger partial charge in [0.05, 0.1) is 5.52 Å². The molecule has 118 valence electrons. The van der Waals surface area contributed by atoms with Crippen LogP contribution in [-0.2, 0) is 9.59 Å². The van der Waals surface area contributed by atoms with Crippen molar-refractivity contribution in [2.24, 2.45) is 11.7 Å². The summed E-state index contributed by atoms with van der Waals surface area (Å²) < 4.78 is 0. The smallest absolute Gasteiger partial charge is 0.246 e. The van der Waals surface area contributed by atoms with Gasteiger partial charge in [-0.1, -0.05) is 24.3 Å². The van der Waals surface area contributed by atoms with Crippen molar-refractivity contribution in [3.8, 4) is 0 Å². The number of nitrogens with zero attached hydrogens (tertiary/aromatic N) is 2. The van der Waals surface area contributed by atoms with Crippen LogP contribution in [0.2, 0.25) is 0 Å². The zero-order valence-corrected chi connectivity index (χ0v) is 12.8. The Balaban J connectivity index is 1.70. The van der Waals surface area contributed by atoms with E-state index in [0.717, 1.165) is 16.5 Å². The largest absolute Gasteiger partial charge is 0.369 e. The molecule has 1 fully saturated rings. The Morgan fingerprint density at radius 1 is 1.17 bits per heavy atom. The number of nitrogens with two attached hydrogens (primary N) is 1. The number of hydrogen-bond donors (Lipinski definition) is 1. The number of amides is 2. The van der Waals surface area contributed by atoms with Gasteiger partial charge in [0.2, 0.25) is 11.8 Å². The van der Waals surface area contributed by atoms with E-state index in [9.17, 15) is 9.59 Å². The van der Waals surface area contributed by atoms with Crippen LogP contribution in [0.25, 0.3) is 17.0 Å². The molecule has 0 aliphatic carbocycles. The Morgan fingerprint density at radius 3 is 2.65 bits per heavy atom. The van der Waals surface area contributed by atoms with E-state index in [1.807, 2.05) is 30.3 Å². The van der Waals surface area contributed by atoms with Crippen LogP contribution in [0.5, 0.6) is 0 Å². The first-order valence-corrected chi connectivity index (χ1v) is 7.75. The normalized spacial score (nSPS) is 16.1. The SMILES string of the molecule is NC(=O)C1CCN(C(=O)C=Cc2cccc3cccnc23)CC1. The maximum Gasteiger partial charge on any atom is 0.246 e.